The maximum absolute atomic E-state index is 12.4. The number of esters is 1. The summed E-state index contributed by atoms with van der Waals surface area (Å²) < 4.78 is 5.46. The van der Waals surface area contributed by atoms with E-state index in [0.717, 1.165) is 12.8 Å². The third kappa shape index (κ3) is 4.08. The highest BCUT2D eigenvalue weighted by atomic mass is 35.5. The summed E-state index contributed by atoms with van der Waals surface area (Å²) in [4.78, 5) is 24.8. The van der Waals surface area contributed by atoms with Crippen molar-refractivity contribution in [1.82, 2.24) is 5.32 Å². The van der Waals surface area contributed by atoms with Crippen molar-refractivity contribution < 1.29 is 14.3 Å². The molecular weight excluding hydrogens is 349 g/mol. The minimum absolute atomic E-state index is 0.174. The van der Waals surface area contributed by atoms with E-state index < -0.39 is 12.1 Å². The number of ether oxygens (including phenoxy) is 1. The van der Waals surface area contributed by atoms with Crippen LogP contribution in [-0.2, 0) is 9.53 Å². The molecule has 6 heteroatoms. The number of hydrogen-bond acceptors (Lipinski definition) is 3. The normalized spacial score (nSPS) is 14.8. The molecule has 1 aliphatic carbocycles. The first-order chi connectivity index (χ1) is 11.5. The SMILES string of the molecule is O=C(O[C@H](C(=O)NC1CC1)c1ccccc1)c1ccc(Cl)c(Cl)c1. The Hall–Kier alpha value is -2.04. The monoisotopic (exact) mass is 363 g/mol. The first kappa shape index (κ1) is 16.8. The zero-order valence-electron chi connectivity index (χ0n) is 12.7. The van der Waals surface area contributed by atoms with Gasteiger partial charge in [-0.15, -0.1) is 0 Å². The van der Waals surface area contributed by atoms with Crippen LogP contribution in [0.15, 0.2) is 48.5 Å². The van der Waals surface area contributed by atoms with Crippen LogP contribution in [0.3, 0.4) is 0 Å². The average molecular weight is 364 g/mol. The second-order valence-electron chi connectivity index (χ2n) is 5.61. The van der Waals surface area contributed by atoms with Gasteiger partial charge in [-0.05, 0) is 31.0 Å². The quantitative estimate of drug-likeness (QED) is 0.811. The van der Waals surface area contributed by atoms with Crippen LogP contribution in [0.25, 0.3) is 0 Å². The van der Waals surface area contributed by atoms with E-state index >= 15 is 0 Å². The van der Waals surface area contributed by atoms with Crippen LogP contribution >= 0.6 is 23.2 Å². The molecule has 1 amide bonds. The number of hydrogen-bond donors (Lipinski definition) is 1. The predicted octanol–water partition coefficient (Wildman–Crippen LogP) is 4.17. The lowest BCUT2D eigenvalue weighted by molar-refractivity contribution is -0.130. The average Bonchev–Trinajstić information content (AvgIpc) is 3.39. The zero-order valence-corrected chi connectivity index (χ0v) is 14.2. The Labute approximate surface area is 149 Å². The van der Waals surface area contributed by atoms with Gasteiger partial charge in [0.1, 0.15) is 0 Å². The molecule has 0 aromatic heterocycles. The molecular formula is C18H15Cl2NO3. The molecule has 0 heterocycles. The Kier molecular flexibility index (Phi) is 5.07. The van der Waals surface area contributed by atoms with Crippen LogP contribution in [0.5, 0.6) is 0 Å². The molecule has 0 aliphatic heterocycles. The van der Waals surface area contributed by atoms with Gasteiger partial charge in [-0.25, -0.2) is 4.79 Å². The molecule has 0 saturated heterocycles. The van der Waals surface area contributed by atoms with Gasteiger partial charge < -0.3 is 10.1 Å². The summed E-state index contributed by atoms with van der Waals surface area (Å²) in [5, 5.41) is 3.47. The van der Waals surface area contributed by atoms with Gasteiger partial charge in [0.15, 0.2) is 0 Å². The number of carbonyl (C=O) groups is 2. The highest BCUT2D eigenvalue weighted by molar-refractivity contribution is 6.42. The summed E-state index contributed by atoms with van der Waals surface area (Å²) >= 11 is 11.8. The minimum atomic E-state index is -1.01. The van der Waals surface area contributed by atoms with E-state index in [1.54, 1.807) is 24.3 Å². The zero-order chi connectivity index (χ0) is 17.1. The molecule has 1 saturated carbocycles. The Morgan fingerprint density at radius 2 is 1.75 bits per heavy atom. The fraction of sp³-hybridized carbons (Fsp3) is 0.222. The van der Waals surface area contributed by atoms with Crippen LogP contribution in [0.1, 0.15) is 34.9 Å². The second kappa shape index (κ2) is 7.24. The summed E-state index contributed by atoms with van der Waals surface area (Å²) in [6.07, 6.45) is 0.899. The molecule has 0 spiro atoms. The number of halogens is 2. The summed E-state index contributed by atoms with van der Waals surface area (Å²) in [5.41, 5.74) is 0.855. The van der Waals surface area contributed by atoms with Crippen LogP contribution in [0, 0.1) is 0 Å². The molecule has 4 nitrogen and oxygen atoms in total. The molecule has 3 rings (SSSR count). The third-order valence-electron chi connectivity index (χ3n) is 3.64. The lowest BCUT2D eigenvalue weighted by Crippen LogP contribution is -2.33. The summed E-state index contributed by atoms with van der Waals surface area (Å²) in [5.74, 6) is -0.953. The third-order valence-corrected chi connectivity index (χ3v) is 4.38. The lowest BCUT2D eigenvalue weighted by Gasteiger charge is -2.18. The summed E-state index contributed by atoms with van der Waals surface area (Å²) in [7, 11) is 0. The number of carbonyl (C=O) groups excluding carboxylic acids is 2. The standard InChI is InChI=1S/C18H15Cl2NO3/c19-14-9-6-12(10-15(14)20)18(23)24-16(11-4-2-1-3-5-11)17(22)21-13-7-8-13/h1-6,9-10,13,16H,7-8H2,(H,21,22)/t16-/m0/s1. The lowest BCUT2D eigenvalue weighted by atomic mass is 10.1. The first-order valence-electron chi connectivity index (χ1n) is 7.56. The number of rotatable bonds is 5. The van der Waals surface area contributed by atoms with Crippen molar-refractivity contribution in [3.8, 4) is 0 Å². The fourth-order valence-corrected chi connectivity index (χ4v) is 2.50. The van der Waals surface area contributed by atoms with E-state index in [1.165, 1.54) is 18.2 Å². The van der Waals surface area contributed by atoms with Gasteiger partial charge in [-0.3, -0.25) is 4.79 Å². The summed E-state index contributed by atoms with van der Waals surface area (Å²) in [6.45, 7) is 0. The van der Waals surface area contributed by atoms with Gasteiger partial charge in [0, 0.05) is 11.6 Å². The maximum atomic E-state index is 12.4. The second-order valence-corrected chi connectivity index (χ2v) is 6.42. The molecule has 24 heavy (non-hydrogen) atoms. The molecule has 0 bridgehead atoms. The molecule has 124 valence electrons. The van der Waals surface area contributed by atoms with E-state index in [2.05, 4.69) is 5.32 Å². The number of amides is 1. The van der Waals surface area contributed by atoms with Crippen LogP contribution in [-0.4, -0.2) is 17.9 Å². The van der Waals surface area contributed by atoms with Gasteiger partial charge in [0.25, 0.3) is 5.91 Å². The van der Waals surface area contributed by atoms with Gasteiger partial charge in [0.2, 0.25) is 6.10 Å². The molecule has 0 radical (unpaired) electrons. The summed E-state index contributed by atoms with van der Waals surface area (Å²) in [6, 6.07) is 13.5. The Balaban J connectivity index is 1.81. The van der Waals surface area contributed by atoms with Crippen molar-refractivity contribution in [3.05, 3.63) is 69.7 Å². The molecule has 1 aliphatic rings. The number of nitrogens with one attached hydrogen (secondary N) is 1. The predicted molar refractivity (Wildman–Crippen MR) is 92.2 cm³/mol. The van der Waals surface area contributed by atoms with Gasteiger partial charge in [-0.1, -0.05) is 53.5 Å². The topological polar surface area (TPSA) is 55.4 Å². The van der Waals surface area contributed by atoms with E-state index in [0.29, 0.717) is 10.6 Å². The smallest absolute Gasteiger partial charge is 0.339 e. The Morgan fingerprint density at radius 3 is 2.38 bits per heavy atom. The van der Waals surface area contributed by atoms with Gasteiger partial charge >= 0.3 is 5.97 Å². The highest BCUT2D eigenvalue weighted by Crippen LogP contribution is 2.26. The van der Waals surface area contributed by atoms with Crippen LogP contribution in [0.4, 0.5) is 0 Å². The molecule has 2 aromatic rings. The van der Waals surface area contributed by atoms with Gasteiger partial charge in [0.05, 0.1) is 15.6 Å². The van der Waals surface area contributed by atoms with Crippen molar-refractivity contribution >= 4 is 35.1 Å². The molecule has 1 atom stereocenters. The number of benzene rings is 2. The largest absolute Gasteiger partial charge is 0.444 e. The van der Waals surface area contributed by atoms with Gasteiger partial charge in [-0.2, -0.15) is 0 Å². The minimum Gasteiger partial charge on any atom is -0.444 e. The molecule has 2 aromatic carbocycles. The van der Waals surface area contributed by atoms with Crippen molar-refractivity contribution in [1.29, 1.82) is 0 Å². The Morgan fingerprint density at radius 1 is 1.04 bits per heavy atom. The molecule has 0 unspecified atom stereocenters. The van der Waals surface area contributed by atoms with Crippen LogP contribution in [0.2, 0.25) is 10.0 Å². The van der Waals surface area contributed by atoms with E-state index in [4.69, 9.17) is 27.9 Å². The molecule has 1 N–H and O–H groups in total. The Bertz CT molecular complexity index is 760. The maximum Gasteiger partial charge on any atom is 0.339 e. The van der Waals surface area contributed by atoms with E-state index in [9.17, 15) is 9.59 Å². The van der Waals surface area contributed by atoms with Crippen molar-refractivity contribution in [2.75, 3.05) is 0 Å². The first-order valence-corrected chi connectivity index (χ1v) is 8.31. The van der Waals surface area contributed by atoms with Crippen molar-refractivity contribution in [3.63, 3.8) is 0 Å². The van der Waals surface area contributed by atoms with Crippen molar-refractivity contribution in [2.24, 2.45) is 0 Å². The molecule has 1 fully saturated rings. The van der Waals surface area contributed by atoms with Crippen molar-refractivity contribution in [2.45, 2.75) is 25.0 Å². The highest BCUT2D eigenvalue weighted by Gasteiger charge is 2.31. The van der Waals surface area contributed by atoms with E-state index in [1.807, 2.05) is 6.07 Å². The fourth-order valence-electron chi connectivity index (χ4n) is 2.20. The van der Waals surface area contributed by atoms with Crippen LogP contribution < -0.4 is 5.32 Å². The van der Waals surface area contributed by atoms with E-state index in [-0.39, 0.29) is 22.5 Å².